The number of hydrogen-bond donors (Lipinski definition) is 0. The second kappa shape index (κ2) is 10.1. The maximum absolute atomic E-state index is 13.7. The molecule has 32 heavy (non-hydrogen) atoms. The lowest BCUT2D eigenvalue weighted by Crippen LogP contribution is -2.48. The standard InChI is InChI=1S/C25H31N5O2/c1-19-9-11-23(12-10-19)30-21(3)24(26-27-30)25(31)29(18-22-7-5-4-6-8-22)20(2)17-28-13-15-32-16-14-28/h4-12,20H,13-18H2,1-3H3. The Kier molecular flexibility index (Phi) is 6.97. The zero-order valence-electron chi connectivity index (χ0n) is 19.1. The van der Waals surface area contributed by atoms with Gasteiger partial charge < -0.3 is 9.64 Å². The fourth-order valence-corrected chi connectivity index (χ4v) is 4.06. The highest BCUT2D eigenvalue weighted by Gasteiger charge is 2.28. The van der Waals surface area contributed by atoms with Gasteiger partial charge in [-0.05, 0) is 38.5 Å². The molecular formula is C25H31N5O2. The SMILES string of the molecule is Cc1ccc(-n2nnc(C(=O)N(Cc3ccccc3)C(C)CN3CCOCC3)c2C)cc1. The van der Waals surface area contributed by atoms with Gasteiger partial charge in [0.25, 0.3) is 5.91 Å². The normalized spacial score (nSPS) is 15.5. The molecule has 168 valence electrons. The van der Waals surface area contributed by atoms with E-state index in [1.165, 1.54) is 5.56 Å². The van der Waals surface area contributed by atoms with Crippen molar-refractivity contribution in [3.05, 3.63) is 77.1 Å². The Bertz CT molecular complexity index is 1030. The number of amides is 1. The molecule has 2 heterocycles. The number of aromatic nitrogens is 3. The smallest absolute Gasteiger partial charge is 0.276 e. The number of carbonyl (C=O) groups excluding carboxylic acids is 1. The van der Waals surface area contributed by atoms with Crippen molar-refractivity contribution < 1.29 is 9.53 Å². The molecule has 4 rings (SSSR count). The van der Waals surface area contributed by atoms with Crippen LogP contribution in [0.2, 0.25) is 0 Å². The molecule has 1 fully saturated rings. The van der Waals surface area contributed by atoms with Crippen LogP contribution in [-0.2, 0) is 11.3 Å². The molecule has 1 saturated heterocycles. The van der Waals surface area contributed by atoms with Crippen LogP contribution < -0.4 is 0 Å². The largest absolute Gasteiger partial charge is 0.379 e. The third-order valence-electron chi connectivity index (χ3n) is 5.99. The second-order valence-corrected chi connectivity index (χ2v) is 8.45. The van der Waals surface area contributed by atoms with E-state index in [2.05, 4.69) is 34.3 Å². The number of hydrogen-bond acceptors (Lipinski definition) is 5. The molecule has 7 nitrogen and oxygen atoms in total. The van der Waals surface area contributed by atoms with Gasteiger partial charge in [-0.15, -0.1) is 5.10 Å². The van der Waals surface area contributed by atoms with Crippen molar-refractivity contribution in [3.63, 3.8) is 0 Å². The molecule has 1 aliphatic heterocycles. The summed E-state index contributed by atoms with van der Waals surface area (Å²) in [7, 11) is 0. The number of rotatable bonds is 7. The highest BCUT2D eigenvalue weighted by Crippen LogP contribution is 2.18. The molecule has 0 aliphatic carbocycles. The molecule has 0 saturated carbocycles. The summed E-state index contributed by atoms with van der Waals surface area (Å²) in [4.78, 5) is 18.0. The highest BCUT2D eigenvalue weighted by atomic mass is 16.5. The van der Waals surface area contributed by atoms with Gasteiger partial charge in [-0.2, -0.15) is 0 Å². The quantitative estimate of drug-likeness (QED) is 0.572. The summed E-state index contributed by atoms with van der Waals surface area (Å²) in [6.45, 7) is 10.6. The summed E-state index contributed by atoms with van der Waals surface area (Å²) < 4.78 is 7.21. The predicted molar refractivity (Wildman–Crippen MR) is 124 cm³/mol. The lowest BCUT2D eigenvalue weighted by molar-refractivity contribution is 0.0227. The summed E-state index contributed by atoms with van der Waals surface area (Å²) >= 11 is 0. The number of aryl methyl sites for hydroxylation is 1. The molecule has 0 N–H and O–H groups in total. The fraction of sp³-hybridized carbons (Fsp3) is 0.400. The minimum atomic E-state index is -0.0922. The summed E-state index contributed by atoms with van der Waals surface area (Å²) in [5, 5.41) is 8.59. The molecule has 1 amide bonds. The van der Waals surface area contributed by atoms with Crippen molar-refractivity contribution in [3.8, 4) is 5.69 Å². The highest BCUT2D eigenvalue weighted by molar-refractivity contribution is 5.93. The Hall–Kier alpha value is -3.03. The van der Waals surface area contributed by atoms with Crippen LogP contribution in [0.15, 0.2) is 54.6 Å². The first-order valence-corrected chi connectivity index (χ1v) is 11.2. The Labute approximate surface area is 189 Å². The topological polar surface area (TPSA) is 63.5 Å². The van der Waals surface area contributed by atoms with Crippen LogP contribution in [-0.4, -0.2) is 69.6 Å². The van der Waals surface area contributed by atoms with Crippen LogP contribution in [0.3, 0.4) is 0 Å². The Morgan fingerprint density at radius 1 is 1.06 bits per heavy atom. The van der Waals surface area contributed by atoms with Crippen molar-refractivity contribution in [2.24, 2.45) is 0 Å². The van der Waals surface area contributed by atoms with E-state index in [9.17, 15) is 4.79 Å². The molecule has 7 heteroatoms. The van der Waals surface area contributed by atoms with E-state index < -0.39 is 0 Å². The Balaban J connectivity index is 1.59. The van der Waals surface area contributed by atoms with Crippen LogP contribution in [0.1, 0.15) is 34.2 Å². The van der Waals surface area contributed by atoms with E-state index in [4.69, 9.17) is 4.74 Å². The van der Waals surface area contributed by atoms with Gasteiger partial charge in [-0.1, -0.05) is 53.2 Å². The first-order chi connectivity index (χ1) is 15.5. The molecule has 3 aromatic rings. The van der Waals surface area contributed by atoms with Gasteiger partial charge in [0.2, 0.25) is 0 Å². The van der Waals surface area contributed by atoms with Crippen LogP contribution in [0.5, 0.6) is 0 Å². The van der Waals surface area contributed by atoms with Crippen molar-refractivity contribution in [1.29, 1.82) is 0 Å². The fourth-order valence-electron chi connectivity index (χ4n) is 4.06. The molecule has 1 atom stereocenters. The van der Waals surface area contributed by atoms with Crippen LogP contribution in [0, 0.1) is 13.8 Å². The van der Waals surface area contributed by atoms with E-state index in [-0.39, 0.29) is 11.9 Å². The molecule has 0 bridgehead atoms. The molecule has 1 aromatic heterocycles. The van der Waals surface area contributed by atoms with E-state index >= 15 is 0 Å². The van der Waals surface area contributed by atoms with Crippen molar-refractivity contribution in [2.75, 3.05) is 32.8 Å². The maximum atomic E-state index is 13.7. The average molecular weight is 434 g/mol. The molecule has 0 radical (unpaired) electrons. The lowest BCUT2D eigenvalue weighted by atomic mass is 10.1. The maximum Gasteiger partial charge on any atom is 0.276 e. The first kappa shape index (κ1) is 22.2. The van der Waals surface area contributed by atoms with Gasteiger partial charge in [0.1, 0.15) is 0 Å². The van der Waals surface area contributed by atoms with Crippen molar-refractivity contribution >= 4 is 5.91 Å². The minimum Gasteiger partial charge on any atom is -0.379 e. The van der Waals surface area contributed by atoms with Crippen LogP contribution in [0.4, 0.5) is 0 Å². The number of morpholine rings is 1. The van der Waals surface area contributed by atoms with E-state index in [0.29, 0.717) is 12.2 Å². The Morgan fingerprint density at radius 2 is 1.75 bits per heavy atom. The van der Waals surface area contributed by atoms with Gasteiger partial charge >= 0.3 is 0 Å². The number of ether oxygens (including phenoxy) is 1. The van der Waals surface area contributed by atoms with E-state index in [1.54, 1.807) is 4.68 Å². The van der Waals surface area contributed by atoms with Crippen molar-refractivity contribution in [2.45, 2.75) is 33.4 Å². The minimum absolute atomic E-state index is 0.0183. The third-order valence-corrected chi connectivity index (χ3v) is 5.99. The zero-order chi connectivity index (χ0) is 22.5. The van der Waals surface area contributed by atoms with Gasteiger partial charge in [0.05, 0.1) is 24.6 Å². The molecular weight excluding hydrogens is 402 g/mol. The van der Waals surface area contributed by atoms with Gasteiger partial charge in [0, 0.05) is 32.2 Å². The Morgan fingerprint density at radius 3 is 2.44 bits per heavy atom. The van der Waals surface area contributed by atoms with E-state index in [1.807, 2.05) is 61.2 Å². The first-order valence-electron chi connectivity index (χ1n) is 11.2. The number of benzene rings is 2. The summed E-state index contributed by atoms with van der Waals surface area (Å²) in [5.41, 5.74) is 4.31. The van der Waals surface area contributed by atoms with Gasteiger partial charge in [0.15, 0.2) is 5.69 Å². The molecule has 0 spiro atoms. The zero-order valence-corrected chi connectivity index (χ0v) is 19.1. The average Bonchev–Trinajstić information content (AvgIpc) is 3.20. The van der Waals surface area contributed by atoms with Crippen LogP contribution in [0.25, 0.3) is 5.69 Å². The van der Waals surface area contributed by atoms with Gasteiger partial charge in [-0.3, -0.25) is 9.69 Å². The van der Waals surface area contributed by atoms with Crippen molar-refractivity contribution in [1.82, 2.24) is 24.8 Å². The molecule has 1 unspecified atom stereocenters. The summed E-state index contributed by atoms with van der Waals surface area (Å²) in [5.74, 6) is -0.0922. The summed E-state index contributed by atoms with van der Waals surface area (Å²) in [6.07, 6.45) is 0. The van der Waals surface area contributed by atoms with Crippen LogP contribution >= 0.6 is 0 Å². The molecule has 2 aromatic carbocycles. The summed E-state index contributed by atoms with van der Waals surface area (Å²) in [6, 6.07) is 18.2. The van der Waals surface area contributed by atoms with E-state index in [0.717, 1.165) is 49.8 Å². The molecule has 1 aliphatic rings. The third kappa shape index (κ3) is 5.06. The van der Waals surface area contributed by atoms with Gasteiger partial charge in [-0.25, -0.2) is 4.68 Å². The lowest BCUT2D eigenvalue weighted by Gasteiger charge is -2.35. The number of carbonyl (C=O) groups is 1. The monoisotopic (exact) mass is 433 g/mol. The second-order valence-electron chi connectivity index (χ2n) is 8.45. The number of nitrogens with zero attached hydrogens (tertiary/aromatic N) is 5. The predicted octanol–water partition coefficient (Wildman–Crippen LogP) is 3.25.